The van der Waals surface area contributed by atoms with E-state index in [1.807, 2.05) is 6.92 Å². The standard InChI is InChI=1S/C24H29FN4O3/c1-5-29-14-16(13-21(31)28(2)3)22-23(29)17(25)12-15(24(22)32-4)10-11-20(30)27-19-9-7-6-8-18(19)26/h6-9,12,14H,5,10-11,13,26H2,1-4H3,(H,27,30). The van der Waals surface area contributed by atoms with E-state index in [9.17, 15) is 9.59 Å². The molecule has 0 radical (unpaired) electrons. The number of methoxy groups -OCH3 is 1. The molecule has 0 unspecified atom stereocenters. The van der Waals surface area contributed by atoms with Gasteiger partial charge in [-0.25, -0.2) is 4.39 Å². The summed E-state index contributed by atoms with van der Waals surface area (Å²) in [6, 6.07) is 8.41. The number of para-hydroxylation sites is 2. The Morgan fingerprint density at radius 1 is 1.22 bits per heavy atom. The molecule has 7 nitrogen and oxygen atoms in total. The van der Waals surface area contributed by atoms with E-state index in [1.165, 1.54) is 18.1 Å². The maximum Gasteiger partial charge on any atom is 0.226 e. The second-order valence-corrected chi connectivity index (χ2v) is 7.82. The number of nitrogens with one attached hydrogen (secondary N) is 1. The number of hydrogen-bond donors (Lipinski definition) is 2. The number of halogens is 1. The van der Waals surface area contributed by atoms with E-state index in [1.54, 1.807) is 49.1 Å². The van der Waals surface area contributed by atoms with Crippen molar-refractivity contribution in [2.75, 3.05) is 32.3 Å². The number of amides is 2. The van der Waals surface area contributed by atoms with Gasteiger partial charge in [-0.05, 0) is 42.7 Å². The lowest BCUT2D eigenvalue weighted by molar-refractivity contribution is -0.128. The highest BCUT2D eigenvalue weighted by Gasteiger charge is 2.22. The number of aryl methyl sites for hydroxylation is 2. The number of carbonyl (C=O) groups is 2. The molecule has 0 aliphatic rings. The number of fused-ring (bicyclic) bond motifs is 1. The Labute approximate surface area is 186 Å². The largest absolute Gasteiger partial charge is 0.496 e. The zero-order valence-electron chi connectivity index (χ0n) is 18.9. The summed E-state index contributed by atoms with van der Waals surface area (Å²) in [7, 11) is 4.88. The van der Waals surface area contributed by atoms with Crippen LogP contribution in [-0.4, -0.2) is 42.5 Å². The van der Waals surface area contributed by atoms with Crippen molar-refractivity contribution in [2.24, 2.45) is 0 Å². The first-order valence-corrected chi connectivity index (χ1v) is 10.5. The van der Waals surface area contributed by atoms with E-state index < -0.39 is 5.82 Å². The molecule has 0 saturated carbocycles. The molecule has 170 valence electrons. The Balaban J connectivity index is 1.94. The third-order valence-electron chi connectivity index (χ3n) is 5.44. The molecular weight excluding hydrogens is 411 g/mol. The fourth-order valence-corrected chi connectivity index (χ4v) is 3.77. The first kappa shape index (κ1) is 23.1. The number of nitrogen functional groups attached to an aromatic ring is 1. The van der Waals surface area contributed by atoms with E-state index in [4.69, 9.17) is 10.5 Å². The van der Waals surface area contributed by atoms with Crippen molar-refractivity contribution >= 4 is 34.1 Å². The number of benzene rings is 2. The summed E-state index contributed by atoms with van der Waals surface area (Å²) in [5, 5.41) is 3.36. The number of carbonyl (C=O) groups excluding carboxylic acids is 2. The van der Waals surface area contributed by atoms with Gasteiger partial charge in [0.05, 0.1) is 30.4 Å². The van der Waals surface area contributed by atoms with Crippen molar-refractivity contribution in [3.05, 3.63) is 53.5 Å². The smallest absolute Gasteiger partial charge is 0.226 e. The van der Waals surface area contributed by atoms with Gasteiger partial charge in [0, 0.05) is 38.6 Å². The number of aromatic nitrogens is 1. The molecule has 0 atom stereocenters. The lowest BCUT2D eigenvalue weighted by Crippen LogP contribution is -2.23. The zero-order chi connectivity index (χ0) is 23.4. The molecule has 2 amide bonds. The van der Waals surface area contributed by atoms with E-state index >= 15 is 4.39 Å². The highest BCUT2D eigenvalue weighted by Crippen LogP contribution is 2.37. The fourth-order valence-electron chi connectivity index (χ4n) is 3.77. The topological polar surface area (TPSA) is 89.6 Å². The van der Waals surface area contributed by atoms with Gasteiger partial charge in [0.15, 0.2) is 0 Å². The van der Waals surface area contributed by atoms with Crippen molar-refractivity contribution < 1.29 is 18.7 Å². The van der Waals surface area contributed by atoms with Gasteiger partial charge in [0.25, 0.3) is 0 Å². The first-order valence-electron chi connectivity index (χ1n) is 10.5. The van der Waals surface area contributed by atoms with Crippen LogP contribution in [0.5, 0.6) is 5.75 Å². The van der Waals surface area contributed by atoms with Gasteiger partial charge in [0.2, 0.25) is 11.8 Å². The van der Waals surface area contributed by atoms with Crippen LogP contribution in [0.3, 0.4) is 0 Å². The number of hydrogen-bond acceptors (Lipinski definition) is 4. The number of rotatable bonds is 8. The third kappa shape index (κ3) is 4.69. The Morgan fingerprint density at radius 2 is 1.94 bits per heavy atom. The number of nitrogens with zero attached hydrogens (tertiary/aromatic N) is 2. The average molecular weight is 441 g/mol. The molecule has 1 aromatic heterocycles. The van der Waals surface area contributed by atoms with Crippen molar-refractivity contribution in [1.82, 2.24) is 9.47 Å². The molecule has 8 heteroatoms. The molecule has 0 bridgehead atoms. The van der Waals surface area contributed by atoms with E-state index in [0.29, 0.717) is 45.7 Å². The van der Waals surface area contributed by atoms with Gasteiger partial charge in [-0.3, -0.25) is 9.59 Å². The lowest BCUT2D eigenvalue weighted by Gasteiger charge is -2.14. The van der Waals surface area contributed by atoms with Crippen LogP contribution in [0.2, 0.25) is 0 Å². The minimum absolute atomic E-state index is 0.0900. The van der Waals surface area contributed by atoms with Crippen LogP contribution in [0.25, 0.3) is 10.9 Å². The molecule has 1 heterocycles. The van der Waals surface area contributed by atoms with Crippen molar-refractivity contribution in [3.63, 3.8) is 0 Å². The van der Waals surface area contributed by atoms with Gasteiger partial charge < -0.3 is 25.3 Å². The normalized spacial score (nSPS) is 10.9. The summed E-state index contributed by atoms with van der Waals surface area (Å²) < 4.78 is 22.6. The van der Waals surface area contributed by atoms with Crippen molar-refractivity contribution in [2.45, 2.75) is 32.7 Å². The molecule has 3 N–H and O–H groups in total. The van der Waals surface area contributed by atoms with Crippen LogP contribution in [-0.2, 0) is 29.0 Å². The number of ether oxygens (including phenoxy) is 1. The maximum absolute atomic E-state index is 15.2. The molecule has 3 aromatic rings. The monoisotopic (exact) mass is 440 g/mol. The summed E-state index contributed by atoms with van der Waals surface area (Å²) in [6.07, 6.45) is 2.32. The third-order valence-corrected chi connectivity index (χ3v) is 5.44. The summed E-state index contributed by atoms with van der Waals surface area (Å²) in [4.78, 5) is 26.3. The Kier molecular flexibility index (Phi) is 7.02. The predicted molar refractivity (Wildman–Crippen MR) is 124 cm³/mol. The van der Waals surface area contributed by atoms with Crippen LogP contribution in [0.4, 0.5) is 15.8 Å². The van der Waals surface area contributed by atoms with Gasteiger partial charge in [0.1, 0.15) is 11.6 Å². The van der Waals surface area contributed by atoms with E-state index in [2.05, 4.69) is 5.32 Å². The predicted octanol–water partition coefficient (Wildman–Crippen LogP) is 3.59. The Hall–Kier alpha value is -3.55. The molecule has 0 fully saturated rings. The van der Waals surface area contributed by atoms with Gasteiger partial charge in [-0.2, -0.15) is 0 Å². The average Bonchev–Trinajstić information content (AvgIpc) is 3.12. The van der Waals surface area contributed by atoms with Gasteiger partial charge >= 0.3 is 0 Å². The molecule has 0 aliphatic heterocycles. The minimum Gasteiger partial charge on any atom is -0.496 e. The molecule has 0 spiro atoms. The van der Waals surface area contributed by atoms with Crippen LogP contribution < -0.4 is 15.8 Å². The van der Waals surface area contributed by atoms with Crippen LogP contribution in [0.15, 0.2) is 36.5 Å². The molecule has 0 aliphatic carbocycles. The molecule has 2 aromatic carbocycles. The number of likely N-dealkylation sites (N-methyl/N-ethyl adjacent to an activating group) is 1. The maximum atomic E-state index is 15.2. The molecule has 32 heavy (non-hydrogen) atoms. The fraction of sp³-hybridized carbons (Fsp3) is 0.333. The number of nitrogens with two attached hydrogens (primary N) is 1. The minimum atomic E-state index is -0.408. The quantitative estimate of drug-likeness (QED) is 0.524. The summed E-state index contributed by atoms with van der Waals surface area (Å²) >= 11 is 0. The SMILES string of the molecule is CCn1cc(CC(=O)N(C)C)c2c(OC)c(CCC(=O)Nc3ccccc3N)cc(F)c21. The summed E-state index contributed by atoms with van der Waals surface area (Å²) in [5.74, 6) is -0.247. The van der Waals surface area contributed by atoms with Crippen LogP contribution in [0.1, 0.15) is 24.5 Å². The molecular formula is C24H29FN4O3. The second-order valence-electron chi connectivity index (χ2n) is 7.82. The van der Waals surface area contributed by atoms with E-state index in [-0.39, 0.29) is 31.1 Å². The highest BCUT2D eigenvalue weighted by atomic mass is 19.1. The van der Waals surface area contributed by atoms with Crippen LogP contribution in [0, 0.1) is 5.82 Å². The van der Waals surface area contributed by atoms with Crippen LogP contribution >= 0.6 is 0 Å². The summed E-state index contributed by atoms with van der Waals surface area (Å²) in [6.45, 7) is 2.46. The second kappa shape index (κ2) is 9.72. The molecule has 3 rings (SSSR count). The number of anilines is 2. The van der Waals surface area contributed by atoms with Gasteiger partial charge in [-0.1, -0.05) is 12.1 Å². The first-order chi connectivity index (χ1) is 15.3. The Morgan fingerprint density at radius 3 is 2.56 bits per heavy atom. The zero-order valence-corrected chi connectivity index (χ0v) is 18.9. The molecule has 0 saturated heterocycles. The summed E-state index contributed by atoms with van der Waals surface area (Å²) in [5.41, 5.74) is 8.55. The Bertz CT molecular complexity index is 1150. The van der Waals surface area contributed by atoms with Crippen molar-refractivity contribution in [3.8, 4) is 5.75 Å². The van der Waals surface area contributed by atoms with E-state index in [0.717, 1.165) is 0 Å². The van der Waals surface area contributed by atoms with Crippen molar-refractivity contribution in [1.29, 1.82) is 0 Å². The highest BCUT2D eigenvalue weighted by molar-refractivity contribution is 5.96. The lowest BCUT2D eigenvalue weighted by atomic mass is 10.0. The van der Waals surface area contributed by atoms with Gasteiger partial charge in [-0.15, -0.1) is 0 Å².